The number of rotatable bonds is 1. The lowest BCUT2D eigenvalue weighted by Gasteiger charge is -2.51. The Kier molecular flexibility index (Phi) is 4.60. The number of thioether (sulfide) groups is 1. The highest BCUT2D eigenvalue weighted by Gasteiger charge is 2.54. The van der Waals surface area contributed by atoms with Crippen LogP contribution in [0.25, 0.3) is 0 Å². The number of halogens is 2. The third-order valence-corrected chi connectivity index (χ3v) is 9.13. The number of aromatic hydroxyl groups is 1. The maximum atomic E-state index is 15.6. The molecule has 0 radical (unpaired) electrons. The van der Waals surface area contributed by atoms with Crippen molar-refractivity contribution in [1.82, 2.24) is 9.58 Å². The summed E-state index contributed by atoms with van der Waals surface area (Å²) < 4.78 is 36.9. The molecule has 0 bridgehead atoms. The average molecular weight is 510 g/mol. The van der Waals surface area contributed by atoms with Gasteiger partial charge in [-0.2, -0.15) is 0 Å². The van der Waals surface area contributed by atoms with Crippen LogP contribution < -0.4 is 10.4 Å². The Morgan fingerprint density at radius 3 is 2.67 bits per heavy atom. The van der Waals surface area contributed by atoms with E-state index >= 15 is 4.39 Å². The number of hydrogen-bond acceptors (Lipinski definition) is 6. The summed E-state index contributed by atoms with van der Waals surface area (Å²) in [7, 11) is 0. The van der Waals surface area contributed by atoms with Gasteiger partial charge in [-0.15, -0.1) is 11.8 Å². The van der Waals surface area contributed by atoms with Gasteiger partial charge in [0.1, 0.15) is 6.17 Å². The van der Waals surface area contributed by atoms with Crippen LogP contribution in [0.4, 0.5) is 8.78 Å². The molecule has 1 spiro atoms. The SMILES string of the molecule is O=C1c2c(O)c(=O)ccn2N([C@@H]2c3ccccc3SC3(CC3)c3c2ccc(F)c3F)[C@@H]2COCCN12. The molecule has 1 N–H and O–H groups in total. The Hall–Kier alpha value is -3.37. The van der Waals surface area contributed by atoms with Crippen molar-refractivity contribution in [1.29, 1.82) is 0 Å². The Labute approximate surface area is 208 Å². The van der Waals surface area contributed by atoms with Crippen molar-refractivity contribution in [2.75, 3.05) is 24.8 Å². The highest BCUT2D eigenvalue weighted by molar-refractivity contribution is 8.00. The first kappa shape index (κ1) is 21.9. The third kappa shape index (κ3) is 2.88. The summed E-state index contributed by atoms with van der Waals surface area (Å²) in [4.78, 5) is 28.3. The van der Waals surface area contributed by atoms with Gasteiger partial charge >= 0.3 is 0 Å². The van der Waals surface area contributed by atoms with Crippen LogP contribution in [-0.2, 0) is 9.48 Å². The maximum absolute atomic E-state index is 15.6. The molecular weight excluding hydrogens is 488 g/mol. The van der Waals surface area contributed by atoms with Gasteiger partial charge in [-0.3, -0.25) is 19.3 Å². The quantitative estimate of drug-likeness (QED) is 0.542. The molecule has 2 fully saturated rings. The van der Waals surface area contributed by atoms with Gasteiger partial charge in [0.15, 0.2) is 23.1 Å². The third-order valence-electron chi connectivity index (χ3n) is 7.54. The minimum absolute atomic E-state index is 0.153. The first-order chi connectivity index (χ1) is 17.4. The van der Waals surface area contributed by atoms with Gasteiger partial charge in [0.25, 0.3) is 5.91 Å². The molecule has 7 rings (SSSR count). The Balaban J connectivity index is 1.56. The highest BCUT2D eigenvalue weighted by Crippen LogP contribution is 2.64. The van der Waals surface area contributed by atoms with Crippen LogP contribution in [0.5, 0.6) is 5.75 Å². The summed E-state index contributed by atoms with van der Waals surface area (Å²) in [5.74, 6) is -2.88. The van der Waals surface area contributed by atoms with Gasteiger partial charge in [-0.25, -0.2) is 8.78 Å². The molecule has 7 nitrogen and oxygen atoms in total. The lowest BCUT2D eigenvalue weighted by Crippen LogP contribution is -2.66. The van der Waals surface area contributed by atoms with Crippen molar-refractivity contribution in [3.63, 3.8) is 0 Å². The number of morpholine rings is 1. The fourth-order valence-corrected chi connectivity index (χ4v) is 7.25. The van der Waals surface area contributed by atoms with E-state index in [1.165, 1.54) is 16.9 Å². The van der Waals surface area contributed by atoms with Crippen molar-refractivity contribution in [3.05, 3.63) is 92.9 Å². The summed E-state index contributed by atoms with van der Waals surface area (Å²) in [6, 6.07) is 11.0. The van der Waals surface area contributed by atoms with Crippen molar-refractivity contribution in [2.24, 2.45) is 0 Å². The molecule has 1 saturated heterocycles. The molecule has 10 heteroatoms. The van der Waals surface area contributed by atoms with Gasteiger partial charge in [-0.05, 0) is 36.1 Å². The molecule has 3 aromatic rings. The van der Waals surface area contributed by atoms with Gasteiger partial charge in [0.2, 0.25) is 5.43 Å². The highest BCUT2D eigenvalue weighted by atomic mass is 32.2. The van der Waals surface area contributed by atoms with Crippen LogP contribution in [0.1, 0.15) is 46.1 Å². The van der Waals surface area contributed by atoms with Crippen molar-refractivity contribution in [2.45, 2.75) is 34.7 Å². The van der Waals surface area contributed by atoms with Crippen molar-refractivity contribution in [3.8, 4) is 5.75 Å². The minimum Gasteiger partial charge on any atom is -0.502 e. The van der Waals surface area contributed by atoms with E-state index in [-0.39, 0.29) is 18.8 Å². The first-order valence-corrected chi connectivity index (χ1v) is 12.6. The molecule has 1 amide bonds. The van der Waals surface area contributed by atoms with Crippen LogP contribution in [0.15, 0.2) is 58.4 Å². The number of hydrogen-bond donors (Lipinski definition) is 1. The average Bonchev–Trinajstić information content (AvgIpc) is 3.67. The van der Waals surface area contributed by atoms with Crippen LogP contribution in [0, 0.1) is 11.6 Å². The van der Waals surface area contributed by atoms with Crippen LogP contribution >= 0.6 is 11.8 Å². The van der Waals surface area contributed by atoms with Crippen LogP contribution in [0.2, 0.25) is 0 Å². The number of fused-ring (bicyclic) bond motifs is 5. The summed E-state index contributed by atoms with van der Waals surface area (Å²) in [6.07, 6.45) is 2.28. The Bertz CT molecular complexity index is 1500. The maximum Gasteiger partial charge on any atom is 0.278 e. The first-order valence-electron chi connectivity index (χ1n) is 11.8. The second-order valence-corrected chi connectivity index (χ2v) is 10.9. The zero-order chi connectivity index (χ0) is 24.8. The molecule has 4 heterocycles. The molecule has 1 saturated carbocycles. The van der Waals surface area contributed by atoms with E-state index in [0.717, 1.165) is 16.5 Å². The molecule has 2 aromatic carbocycles. The molecule has 3 aliphatic heterocycles. The zero-order valence-electron chi connectivity index (χ0n) is 19.0. The second kappa shape index (κ2) is 7.57. The molecule has 1 aromatic heterocycles. The van der Waals surface area contributed by atoms with Gasteiger partial charge in [0, 0.05) is 34.0 Å². The predicted octanol–water partition coefficient (Wildman–Crippen LogP) is 3.47. The topological polar surface area (TPSA) is 75.0 Å². The summed E-state index contributed by atoms with van der Waals surface area (Å²) in [6.45, 7) is 0.749. The minimum atomic E-state index is -0.900. The summed E-state index contributed by atoms with van der Waals surface area (Å²) >= 11 is 1.54. The van der Waals surface area contributed by atoms with E-state index in [4.69, 9.17) is 4.74 Å². The largest absolute Gasteiger partial charge is 0.502 e. The molecule has 0 unspecified atom stereocenters. The smallest absolute Gasteiger partial charge is 0.278 e. The monoisotopic (exact) mass is 509 g/mol. The van der Waals surface area contributed by atoms with Gasteiger partial charge < -0.3 is 14.7 Å². The molecule has 2 atom stereocenters. The van der Waals surface area contributed by atoms with E-state index in [2.05, 4.69) is 0 Å². The van der Waals surface area contributed by atoms with Crippen molar-refractivity contribution < 1.29 is 23.4 Å². The fraction of sp³-hybridized carbons (Fsp3) is 0.308. The number of carbonyl (C=O) groups is 1. The molecule has 1 aliphatic carbocycles. The fourth-order valence-electron chi connectivity index (χ4n) is 5.77. The number of nitrogens with zero attached hydrogens (tertiary/aromatic N) is 3. The Morgan fingerprint density at radius 2 is 1.86 bits per heavy atom. The van der Waals surface area contributed by atoms with E-state index in [1.54, 1.807) is 22.7 Å². The van der Waals surface area contributed by atoms with Crippen LogP contribution in [0.3, 0.4) is 0 Å². The lowest BCUT2D eigenvalue weighted by atomic mass is 9.90. The molecular formula is C26H21F2N3O4S. The zero-order valence-corrected chi connectivity index (χ0v) is 19.8. The van der Waals surface area contributed by atoms with E-state index < -0.39 is 45.7 Å². The number of benzene rings is 2. The normalized spacial score (nSPS) is 23.4. The van der Waals surface area contributed by atoms with Gasteiger partial charge in [0.05, 0.1) is 19.3 Å². The van der Waals surface area contributed by atoms with Crippen LogP contribution in [-0.4, -0.2) is 46.5 Å². The van der Waals surface area contributed by atoms with Gasteiger partial charge in [-0.1, -0.05) is 24.3 Å². The van der Waals surface area contributed by atoms with Crippen molar-refractivity contribution >= 4 is 17.7 Å². The second-order valence-electron chi connectivity index (χ2n) is 9.52. The number of pyridine rings is 1. The number of carbonyl (C=O) groups excluding carboxylic acids is 1. The Morgan fingerprint density at radius 1 is 1.06 bits per heavy atom. The number of amides is 1. The predicted molar refractivity (Wildman–Crippen MR) is 128 cm³/mol. The van der Waals surface area contributed by atoms with E-state index in [0.29, 0.717) is 30.6 Å². The number of aromatic nitrogens is 1. The van der Waals surface area contributed by atoms with E-state index in [9.17, 15) is 19.1 Å². The molecule has 184 valence electrons. The standard InChI is InChI=1S/C26H21F2N3O4S/c27-16-6-5-15-20(21(16)28)26(8-9-26)36-18-4-2-1-3-14(18)22(15)31-19-13-35-12-11-29(19)25(34)23-24(33)17(32)7-10-30(23)31/h1-7,10,19,22,33H,8-9,11-13H2/t19-,22-/m1/s1. The summed E-state index contributed by atoms with van der Waals surface area (Å²) in [5.41, 5.74) is 0.972. The van der Waals surface area contributed by atoms with E-state index in [1.807, 2.05) is 29.3 Å². The molecule has 4 aliphatic rings. The molecule has 36 heavy (non-hydrogen) atoms. The number of ether oxygens (including phenoxy) is 1. The summed E-state index contributed by atoms with van der Waals surface area (Å²) in [5, 5.41) is 12.5. The lowest BCUT2D eigenvalue weighted by molar-refractivity contribution is -0.0197.